The summed E-state index contributed by atoms with van der Waals surface area (Å²) in [6.07, 6.45) is 0. The molecule has 0 aliphatic heterocycles. The van der Waals surface area contributed by atoms with Crippen LogP contribution in [-0.2, 0) is 0 Å². The Bertz CT molecular complexity index is 2410. The van der Waals surface area contributed by atoms with Crippen molar-refractivity contribution in [2.24, 2.45) is 0 Å². The van der Waals surface area contributed by atoms with Gasteiger partial charge in [0.05, 0.1) is 26.8 Å². The van der Waals surface area contributed by atoms with Gasteiger partial charge >= 0.3 is 0 Å². The molecule has 0 saturated carbocycles. The van der Waals surface area contributed by atoms with Crippen LogP contribution in [0.5, 0.6) is 0 Å². The van der Waals surface area contributed by atoms with E-state index in [4.69, 9.17) is 0 Å². The molecule has 0 atom stereocenters. The van der Waals surface area contributed by atoms with Gasteiger partial charge in [0.2, 0.25) is 0 Å². The fourth-order valence-electron chi connectivity index (χ4n) is 6.52. The Balaban J connectivity index is 1.33. The molecule has 0 fully saturated rings. The van der Waals surface area contributed by atoms with E-state index in [0.29, 0.717) is 0 Å². The zero-order chi connectivity index (χ0) is 26.9. The number of benzene rings is 6. The van der Waals surface area contributed by atoms with Crippen LogP contribution in [0, 0.1) is 0 Å². The molecular weight excluding hydrogens is 516 g/mol. The van der Waals surface area contributed by atoms with Gasteiger partial charge in [-0.3, -0.25) is 0 Å². The lowest BCUT2D eigenvalue weighted by Crippen LogP contribution is -1.96. The molecule has 41 heavy (non-hydrogen) atoms. The molecule has 9 aromatic rings. The number of hydrogen-bond acceptors (Lipinski definition) is 1. The molecule has 0 saturated heterocycles. The van der Waals surface area contributed by atoms with Crippen LogP contribution in [0.2, 0.25) is 0 Å². The Morgan fingerprint density at radius 2 is 1.02 bits per heavy atom. The van der Waals surface area contributed by atoms with E-state index in [9.17, 15) is 0 Å². The zero-order valence-electron chi connectivity index (χ0n) is 22.2. The van der Waals surface area contributed by atoms with Crippen LogP contribution < -0.4 is 0 Å². The normalized spacial score (nSPS) is 11.9. The topological polar surface area (TPSA) is 9.86 Å². The summed E-state index contributed by atoms with van der Waals surface area (Å²) in [5, 5.41) is 5.14. The third-order valence-electron chi connectivity index (χ3n) is 8.31. The summed E-state index contributed by atoms with van der Waals surface area (Å²) in [4.78, 5) is 0. The van der Waals surface area contributed by atoms with E-state index in [0.717, 1.165) is 0 Å². The minimum Gasteiger partial charge on any atom is -0.309 e. The Morgan fingerprint density at radius 1 is 0.390 bits per heavy atom. The highest BCUT2D eigenvalue weighted by Gasteiger charge is 2.19. The van der Waals surface area contributed by atoms with Gasteiger partial charge in [-0.25, -0.2) is 0 Å². The van der Waals surface area contributed by atoms with Crippen LogP contribution in [-0.4, -0.2) is 9.13 Å². The molecule has 0 radical (unpaired) electrons. The predicted octanol–water partition coefficient (Wildman–Crippen LogP) is 10.8. The first-order chi connectivity index (χ1) is 20.3. The summed E-state index contributed by atoms with van der Waals surface area (Å²) in [5.41, 5.74) is 9.77. The smallest absolute Gasteiger partial charge is 0.0727 e. The number of hydrogen-bond donors (Lipinski definition) is 0. The molecule has 3 aromatic heterocycles. The van der Waals surface area contributed by atoms with Gasteiger partial charge in [0.1, 0.15) is 0 Å². The molecule has 3 heterocycles. The largest absolute Gasteiger partial charge is 0.309 e. The first kappa shape index (κ1) is 22.7. The Morgan fingerprint density at radius 3 is 1.88 bits per heavy atom. The third kappa shape index (κ3) is 3.30. The highest BCUT2D eigenvalue weighted by molar-refractivity contribution is 7.26. The Kier molecular flexibility index (Phi) is 4.80. The van der Waals surface area contributed by atoms with E-state index < -0.39 is 0 Å². The van der Waals surface area contributed by atoms with Crippen molar-refractivity contribution < 1.29 is 0 Å². The van der Waals surface area contributed by atoms with Crippen molar-refractivity contribution in [3.63, 3.8) is 0 Å². The maximum absolute atomic E-state index is 2.46. The first-order valence-corrected chi connectivity index (χ1v) is 14.8. The van der Waals surface area contributed by atoms with E-state index in [-0.39, 0.29) is 0 Å². The lowest BCUT2D eigenvalue weighted by Gasteiger charge is -2.11. The molecule has 0 N–H and O–H groups in total. The van der Waals surface area contributed by atoms with E-state index in [1.807, 2.05) is 11.3 Å². The molecule has 0 amide bonds. The van der Waals surface area contributed by atoms with Crippen molar-refractivity contribution in [1.29, 1.82) is 0 Å². The highest BCUT2D eigenvalue weighted by atomic mass is 32.1. The molecule has 0 unspecified atom stereocenters. The summed E-state index contributed by atoms with van der Waals surface area (Å²) < 4.78 is 7.55. The number of nitrogens with zero attached hydrogens (tertiary/aromatic N) is 2. The standard InChI is InChI=1S/C38H24N2S/c1-2-11-25(12-3-1)26-13-10-14-27(23-26)39-33-18-7-4-15-29(33)32-24-28(21-22-35(32)39)40-34-19-8-5-16-30(34)38-37(40)31-17-6-9-20-36(31)41-38/h1-24H. The summed E-state index contributed by atoms with van der Waals surface area (Å²) in [5.74, 6) is 0. The molecule has 0 spiro atoms. The van der Waals surface area contributed by atoms with E-state index in [1.165, 1.54) is 75.5 Å². The van der Waals surface area contributed by atoms with Crippen molar-refractivity contribution in [2.45, 2.75) is 0 Å². The van der Waals surface area contributed by atoms with Gasteiger partial charge in [0.25, 0.3) is 0 Å². The maximum atomic E-state index is 2.46. The van der Waals surface area contributed by atoms with Gasteiger partial charge < -0.3 is 9.13 Å². The van der Waals surface area contributed by atoms with Gasteiger partial charge in [-0.15, -0.1) is 11.3 Å². The fourth-order valence-corrected chi connectivity index (χ4v) is 7.74. The van der Waals surface area contributed by atoms with Crippen LogP contribution >= 0.6 is 11.3 Å². The number of thiophene rings is 1. The number of aromatic nitrogens is 2. The average molecular weight is 541 g/mol. The Hall–Kier alpha value is -5.12. The van der Waals surface area contributed by atoms with Crippen molar-refractivity contribution >= 4 is 64.3 Å². The second kappa shape index (κ2) is 8.69. The van der Waals surface area contributed by atoms with Crippen LogP contribution in [0.25, 0.3) is 75.5 Å². The maximum Gasteiger partial charge on any atom is 0.0727 e. The molecule has 9 rings (SSSR count). The predicted molar refractivity (Wildman–Crippen MR) is 176 cm³/mol. The molecule has 0 aliphatic carbocycles. The molecule has 3 heteroatoms. The molecular formula is C38H24N2S. The van der Waals surface area contributed by atoms with Crippen LogP contribution in [0.4, 0.5) is 0 Å². The van der Waals surface area contributed by atoms with Gasteiger partial charge in [-0.2, -0.15) is 0 Å². The van der Waals surface area contributed by atoms with E-state index in [2.05, 4.69) is 155 Å². The lowest BCUT2D eigenvalue weighted by molar-refractivity contribution is 1.17. The average Bonchev–Trinajstić information content (AvgIpc) is 3.68. The van der Waals surface area contributed by atoms with E-state index >= 15 is 0 Å². The molecule has 0 bridgehead atoms. The Labute approximate surface area is 240 Å². The highest BCUT2D eigenvalue weighted by Crippen LogP contribution is 2.43. The first-order valence-electron chi connectivity index (χ1n) is 14.0. The fraction of sp³-hybridized carbons (Fsp3) is 0. The number of rotatable bonds is 3. The molecule has 2 nitrogen and oxygen atoms in total. The molecule has 192 valence electrons. The second-order valence-corrected chi connectivity index (χ2v) is 11.7. The monoisotopic (exact) mass is 540 g/mol. The summed E-state index contributed by atoms with van der Waals surface area (Å²) in [7, 11) is 0. The quantitative estimate of drug-likeness (QED) is 0.211. The minimum absolute atomic E-state index is 1.17. The third-order valence-corrected chi connectivity index (χ3v) is 9.50. The summed E-state index contributed by atoms with van der Waals surface area (Å²) in [6, 6.07) is 52.8. The van der Waals surface area contributed by atoms with Crippen molar-refractivity contribution in [2.75, 3.05) is 0 Å². The van der Waals surface area contributed by atoms with Gasteiger partial charge in [-0.1, -0.05) is 97.1 Å². The second-order valence-electron chi connectivity index (χ2n) is 10.6. The minimum atomic E-state index is 1.17. The van der Waals surface area contributed by atoms with Gasteiger partial charge in [0.15, 0.2) is 0 Å². The lowest BCUT2D eigenvalue weighted by atomic mass is 10.1. The summed E-state index contributed by atoms with van der Waals surface area (Å²) in [6.45, 7) is 0. The van der Waals surface area contributed by atoms with Crippen molar-refractivity contribution in [1.82, 2.24) is 9.13 Å². The molecule has 0 aliphatic rings. The van der Waals surface area contributed by atoms with E-state index in [1.54, 1.807) is 0 Å². The SMILES string of the molecule is c1ccc(-c2cccc(-n3c4ccccc4c4cc(-n5c6ccccc6c6sc7ccccc7c65)ccc43)c2)cc1. The van der Waals surface area contributed by atoms with Crippen LogP contribution in [0.15, 0.2) is 146 Å². The molecule has 6 aromatic carbocycles. The number of para-hydroxylation sites is 2. The van der Waals surface area contributed by atoms with Crippen molar-refractivity contribution in [3.05, 3.63) is 146 Å². The number of fused-ring (bicyclic) bond motifs is 8. The van der Waals surface area contributed by atoms with Crippen molar-refractivity contribution in [3.8, 4) is 22.5 Å². The zero-order valence-corrected chi connectivity index (χ0v) is 23.0. The van der Waals surface area contributed by atoms with Gasteiger partial charge in [-0.05, 0) is 59.7 Å². The van der Waals surface area contributed by atoms with Crippen LogP contribution in [0.3, 0.4) is 0 Å². The summed E-state index contributed by atoms with van der Waals surface area (Å²) >= 11 is 1.89. The van der Waals surface area contributed by atoms with Crippen LogP contribution in [0.1, 0.15) is 0 Å². The van der Waals surface area contributed by atoms with Gasteiger partial charge in [0, 0.05) is 37.6 Å².